The number of benzene rings is 2. The van der Waals surface area contributed by atoms with Gasteiger partial charge in [0.25, 0.3) is 15.9 Å². The molecule has 1 heterocycles. The quantitative estimate of drug-likeness (QED) is 0.780. The van der Waals surface area contributed by atoms with Gasteiger partial charge in [-0.3, -0.25) is 9.52 Å². The number of carbonyl (C=O) groups excluding carboxylic acids is 1. The van der Waals surface area contributed by atoms with Crippen molar-refractivity contribution in [2.24, 2.45) is 0 Å². The Hall–Kier alpha value is -2.74. The summed E-state index contributed by atoms with van der Waals surface area (Å²) >= 11 is 0. The molecule has 2 aromatic rings. The fourth-order valence-corrected chi connectivity index (χ4v) is 4.71. The second kappa shape index (κ2) is 8.32. The average Bonchev–Trinajstić information content (AvgIpc) is 2.74. The van der Waals surface area contributed by atoms with E-state index >= 15 is 0 Å². The van der Waals surface area contributed by atoms with E-state index < -0.39 is 10.0 Å². The van der Waals surface area contributed by atoms with Crippen molar-refractivity contribution in [2.45, 2.75) is 43.0 Å². The summed E-state index contributed by atoms with van der Waals surface area (Å²) in [5.41, 5.74) is 0.758. The predicted molar refractivity (Wildman–Crippen MR) is 109 cm³/mol. The second-order valence-electron chi connectivity index (χ2n) is 7.30. The largest absolute Gasteiger partial charge is 0.486 e. The highest BCUT2D eigenvalue weighted by molar-refractivity contribution is 7.92. The van der Waals surface area contributed by atoms with Crippen LogP contribution in [0.25, 0.3) is 0 Å². The summed E-state index contributed by atoms with van der Waals surface area (Å²) in [7, 11) is -3.83. The third-order valence-electron chi connectivity index (χ3n) is 5.14. The lowest BCUT2D eigenvalue weighted by Crippen LogP contribution is -2.36. The summed E-state index contributed by atoms with van der Waals surface area (Å²) in [4.78, 5) is 12.6. The van der Waals surface area contributed by atoms with Gasteiger partial charge in [-0.25, -0.2) is 8.42 Å². The summed E-state index contributed by atoms with van der Waals surface area (Å²) in [6.07, 6.45) is 5.44. The van der Waals surface area contributed by atoms with Crippen LogP contribution in [0.3, 0.4) is 0 Å². The van der Waals surface area contributed by atoms with Crippen molar-refractivity contribution in [3.05, 3.63) is 48.0 Å². The summed E-state index contributed by atoms with van der Waals surface area (Å²) < 4.78 is 39.0. The smallest absolute Gasteiger partial charge is 0.262 e. The minimum Gasteiger partial charge on any atom is -0.486 e. The van der Waals surface area contributed by atoms with Gasteiger partial charge in [-0.05, 0) is 43.2 Å². The number of rotatable bonds is 5. The van der Waals surface area contributed by atoms with Crippen molar-refractivity contribution >= 4 is 21.6 Å². The van der Waals surface area contributed by atoms with Gasteiger partial charge in [0.1, 0.15) is 13.2 Å². The number of amides is 1. The highest BCUT2D eigenvalue weighted by Gasteiger charge is 2.21. The maximum atomic E-state index is 12.8. The van der Waals surface area contributed by atoms with Gasteiger partial charge in [-0.15, -0.1) is 0 Å². The molecule has 2 aromatic carbocycles. The number of anilines is 1. The third-order valence-corrected chi connectivity index (χ3v) is 6.52. The summed E-state index contributed by atoms with van der Waals surface area (Å²) in [6, 6.07) is 11.2. The van der Waals surface area contributed by atoms with Crippen LogP contribution in [-0.2, 0) is 10.0 Å². The van der Waals surface area contributed by atoms with Crippen LogP contribution in [-0.4, -0.2) is 33.6 Å². The van der Waals surface area contributed by atoms with Gasteiger partial charge in [-0.1, -0.05) is 25.3 Å². The Bertz CT molecular complexity index is 1000. The summed E-state index contributed by atoms with van der Waals surface area (Å²) in [5.74, 6) is 0.744. The van der Waals surface area contributed by atoms with Crippen molar-refractivity contribution in [1.82, 2.24) is 5.32 Å². The first-order chi connectivity index (χ1) is 14.0. The molecular formula is C21H24N2O5S. The van der Waals surface area contributed by atoms with Gasteiger partial charge >= 0.3 is 0 Å². The second-order valence-corrected chi connectivity index (χ2v) is 8.98. The van der Waals surface area contributed by atoms with Crippen LogP contribution in [0, 0.1) is 0 Å². The van der Waals surface area contributed by atoms with E-state index in [1.54, 1.807) is 30.3 Å². The van der Waals surface area contributed by atoms with Gasteiger partial charge in [0.15, 0.2) is 11.5 Å². The Balaban J connectivity index is 1.48. The molecule has 0 bridgehead atoms. The highest BCUT2D eigenvalue weighted by Crippen LogP contribution is 2.32. The van der Waals surface area contributed by atoms with Gasteiger partial charge in [0.2, 0.25) is 0 Å². The molecule has 1 amide bonds. The average molecular weight is 416 g/mol. The van der Waals surface area contributed by atoms with Crippen LogP contribution in [0.2, 0.25) is 0 Å². The molecule has 1 fully saturated rings. The fraction of sp³-hybridized carbons (Fsp3) is 0.381. The van der Waals surface area contributed by atoms with Crippen LogP contribution < -0.4 is 19.5 Å². The Labute approximate surface area is 170 Å². The number of hydrogen-bond acceptors (Lipinski definition) is 5. The van der Waals surface area contributed by atoms with E-state index in [2.05, 4.69) is 10.0 Å². The normalized spacial score (nSPS) is 16.8. The van der Waals surface area contributed by atoms with Crippen molar-refractivity contribution in [3.8, 4) is 11.5 Å². The van der Waals surface area contributed by atoms with E-state index in [-0.39, 0.29) is 16.8 Å². The molecule has 0 aromatic heterocycles. The predicted octanol–water partition coefficient (Wildman–Crippen LogP) is 3.32. The maximum absolute atomic E-state index is 12.8. The molecule has 1 aliphatic carbocycles. The SMILES string of the molecule is O=C(NC1CCCCC1)c1cccc(NS(=O)(=O)c2ccc3c(c2)OCCO3)c1. The number of sulfonamides is 1. The van der Waals surface area contributed by atoms with Gasteiger partial charge < -0.3 is 14.8 Å². The van der Waals surface area contributed by atoms with E-state index in [4.69, 9.17) is 9.47 Å². The van der Waals surface area contributed by atoms with E-state index in [0.29, 0.717) is 36.0 Å². The first-order valence-corrected chi connectivity index (χ1v) is 11.3. The Morgan fingerprint density at radius 1 is 0.931 bits per heavy atom. The zero-order valence-electron chi connectivity index (χ0n) is 16.0. The van der Waals surface area contributed by atoms with Crippen molar-refractivity contribution in [2.75, 3.05) is 17.9 Å². The van der Waals surface area contributed by atoms with Gasteiger partial charge in [0, 0.05) is 23.4 Å². The molecule has 0 unspecified atom stereocenters. The topological polar surface area (TPSA) is 93.7 Å². The zero-order valence-corrected chi connectivity index (χ0v) is 16.8. The molecule has 2 aliphatic rings. The van der Waals surface area contributed by atoms with Gasteiger partial charge in [0.05, 0.1) is 4.90 Å². The number of hydrogen-bond donors (Lipinski definition) is 2. The summed E-state index contributed by atoms with van der Waals surface area (Å²) in [6.45, 7) is 0.815. The van der Waals surface area contributed by atoms with Crippen molar-refractivity contribution < 1.29 is 22.7 Å². The lowest BCUT2D eigenvalue weighted by atomic mass is 9.95. The van der Waals surface area contributed by atoms with Crippen LogP contribution in [0.15, 0.2) is 47.4 Å². The molecule has 154 valence electrons. The van der Waals surface area contributed by atoms with E-state index in [9.17, 15) is 13.2 Å². The Morgan fingerprint density at radius 3 is 2.48 bits per heavy atom. The number of nitrogens with one attached hydrogen (secondary N) is 2. The first kappa shape index (κ1) is 19.6. The fourth-order valence-electron chi connectivity index (χ4n) is 3.64. The monoisotopic (exact) mass is 416 g/mol. The molecule has 2 N–H and O–H groups in total. The Morgan fingerprint density at radius 2 is 1.69 bits per heavy atom. The van der Waals surface area contributed by atoms with E-state index in [1.807, 2.05) is 0 Å². The van der Waals surface area contributed by atoms with E-state index in [0.717, 1.165) is 25.7 Å². The zero-order chi connectivity index (χ0) is 20.3. The molecule has 0 atom stereocenters. The third kappa shape index (κ3) is 4.64. The van der Waals surface area contributed by atoms with Crippen molar-refractivity contribution in [1.29, 1.82) is 0 Å². The molecule has 1 aliphatic heterocycles. The number of fused-ring (bicyclic) bond motifs is 1. The maximum Gasteiger partial charge on any atom is 0.262 e. The molecular weight excluding hydrogens is 392 g/mol. The van der Waals surface area contributed by atoms with Gasteiger partial charge in [-0.2, -0.15) is 0 Å². The van der Waals surface area contributed by atoms with E-state index in [1.165, 1.54) is 18.6 Å². The molecule has 7 nitrogen and oxygen atoms in total. The first-order valence-electron chi connectivity index (χ1n) is 9.85. The minimum atomic E-state index is -3.83. The van der Waals surface area contributed by atoms with Crippen molar-refractivity contribution in [3.63, 3.8) is 0 Å². The number of carbonyl (C=O) groups is 1. The molecule has 8 heteroatoms. The highest BCUT2D eigenvalue weighted by atomic mass is 32.2. The van der Waals surface area contributed by atoms with Crippen LogP contribution >= 0.6 is 0 Å². The molecule has 0 saturated heterocycles. The minimum absolute atomic E-state index is 0.0683. The molecule has 29 heavy (non-hydrogen) atoms. The molecule has 1 saturated carbocycles. The lowest BCUT2D eigenvalue weighted by Gasteiger charge is -2.22. The standard InChI is InChI=1S/C21H24N2O5S/c24-21(22-16-6-2-1-3-7-16)15-5-4-8-17(13-15)23-29(25,26)18-9-10-19-20(14-18)28-12-11-27-19/h4-5,8-10,13-14,16,23H,1-3,6-7,11-12H2,(H,22,24). The van der Waals surface area contributed by atoms with Crippen LogP contribution in [0.1, 0.15) is 42.5 Å². The molecule has 0 radical (unpaired) electrons. The summed E-state index contributed by atoms with van der Waals surface area (Å²) in [5, 5.41) is 3.04. The van der Waals surface area contributed by atoms with Crippen LogP contribution in [0.4, 0.5) is 5.69 Å². The van der Waals surface area contributed by atoms with Crippen LogP contribution in [0.5, 0.6) is 11.5 Å². The molecule has 0 spiro atoms. The lowest BCUT2D eigenvalue weighted by molar-refractivity contribution is 0.0927. The number of ether oxygens (including phenoxy) is 2. The molecule has 4 rings (SSSR count). The Kier molecular flexibility index (Phi) is 5.62.